The molecule has 1 aromatic rings. The van der Waals surface area contributed by atoms with Gasteiger partial charge in [-0.25, -0.2) is 0 Å². The molecule has 0 spiro atoms. The van der Waals surface area contributed by atoms with Crippen molar-refractivity contribution < 1.29 is 27.8 Å². The Balaban J connectivity index is 2.50. The van der Waals surface area contributed by atoms with Crippen LogP contribution in [0.25, 0.3) is 0 Å². The van der Waals surface area contributed by atoms with E-state index in [1.54, 1.807) is 12.1 Å². The fourth-order valence-electron chi connectivity index (χ4n) is 1.97. The summed E-state index contributed by atoms with van der Waals surface area (Å²) in [7, 11) is 0. The van der Waals surface area contributed by atoms with Crippen LogP contribution in [0.4, 0.5) is 13.2 Å². The van der Waals surface area contributed by atoms with Crippen LogP contribution in [0.15, 0.2) is 24.3 Å². The van der Waals surface area contributed by atoms with Crippen LogP contribution in [0.5, 0.6) is 0 Å². The van der Waals surface area contributed by atoms with Crippen molar-refractivity contribution in [3.8, 4) is 0 Å². The number of benzene rings is 1. The van der Waals surface area contributed by atoms with Gasteiger partial charge in [-0.2, -0.15) is 13.2 Å². The van der Waals surface area contributed by atoms with Gasteiger partial charge in [0.1, 0.15) is 6.61 Å². The molecule has 0 fully saturated rings. The van der Waals surface area contributed by atoms with Gasteiger partial charge in [-0.05, 0) is 30.9 Å². The summed E-state index contributed by atoms with van der Waals surface area (Å²) in [6, 6.07) is 7.10. The second-order valence-corrected chi connectivity index (χ2v) is 4.56. The second kappa shape index (κ2) is 7.28. The molecule has 1 unspecified atom stereocenters. The number of carboxylic acid groups (broad SMARTS) is 1. The lowest BCUT2D eigenvalue weighted by atomic mass is 9.91. The van der Waals surface area contributed by atoms with Crippen LogP contribution in [0.1, 0.15) is 29.9 Å². The van der Waals surface area contributed by atoms with Crippen LogP contribution < -0.4 is 0 Å². The van der Waals surface area contributed by atoms with E-state index < -0.39 is 24.7 Å². The third-order valence-electron chi connectivity index (χ3n) is 2.91. The minimum Gasteiger partial charge on any atom is -0.481 e. The highest BCUT2D eigenvalue weighted by Crippen LogP contribution is 2.25. The normalized spacial score (nSPS) is 13.2. The van der Waals surface area contributed by atoms with Gasteiger partial charge in [-0.1, -0.05) is 24.3 Å². The number of carbonyl (C=O) groups is 1. The lowest BCUT2D eigenvalue weighted by Crippen LogP contribution is -2.18. The van der Waals surface area contributed by atoms with E-state index in [1.807, 2.05) is 19.1 Å². The van der Waals surface area contributed by atoms with Crippen molar-refractivity contribution in [3.05, 3.63) is 35.4 Å². The summed E-state index contributed by atoms with van der Waals surface area (Å²) >= 11 is 0. The topological polar surface area (TPSA) is 46.5 Å². The van der Waals surface area contributed by atoms with Crippen LogP contribution in [-0.2, 0) is 9.53 Å². The van der Waals surface area contributed by atoms with E-state index in [0.29, 0.717) is 5.56 Å². The number of carboxylic acids is 1. The largest absolute Gasteiger partial charge is 0.481 e. The lowest BCUT2D eigenvalue weighted by molar-refractivity contribution is -0.174. The van der Waals surface area contributed by atoms with Crippen molar-refractivity contribution >= 4 is 5.97 Å². The third-order valence-corrected chi connectivity index (χ3v) is 2.91. The van der Waals surface area contributed by atoms with E-state index >= 15 is 0 Å². The molecule has 1 rings (SSSR count). The predicted molar refractivity (Wildman–Crippen MR) is 67.7 cm³/mol. The zero-order valence-electron chi connectivity index (χ0n) is 11.1. The van der Waals surface area contributed by atoms with Crippen LogP contribution in [0, 0.1) is 6.92 Å². The molecule has 0 heterocycles. The molecule has 0 radical (unpaired) electrons. The number of alkyl halides is 3. The van der Waals surface area contributed by atoms with Crippen LogP contribution in [0.2, 0.25) is 0 Å². The van der Waals surface area contributed by atoms with Crippen molar-refractivity contribution in [1.82, 2.24) is 0 Å². The van der Waals surface area contributed by atoms with Gasteiger partial charge in [0.05, 0.1) is 5.92 Å². The zero-order valence-corrected chi connectivity index (χ0v) is 11.1. The average molecular weight is 290 g/mol. The van der Waals surface area contributed by atoms with Crippen LogP contribution in [-0.4, -0.2) is 30.5 Å². The molecule has 1 N–H and O–H groups in total. The molecule has 3 nitrogen and oxygen atoms in total. The highest BCUT2D eigenvalue weighted by Gasteiger charge is 2.27. The number of halogens is 3. The van der Waals surface area contributed by atoms with Crippen LogP contribution >= 0.6 is 0 Å². The molecule has 112 valence electrons. The molecule has 0 bridgehead atoms. The summed E-state index contributed by atoms with van der Waals surface area (Å²) in [5.74, 6) is -1.69. The minimum atomic E-state index is -4.35. The molecule has 0 saturated heterocycles. The summed E-state index contributed by atoms with van der Waals surface area (Å²) in [5, 5.41) is 9.22. The van der Waals surface area contributed by atoms with Gasteiger partial charge in [0.15, 0.2) is 0 Å². The molecule has 0 aliphatic heterocycles. The number of hydrogen-bond donors (Lipinski definition) is 1. The Morgan fingerprint density at radius 2 is 2.00 bits per heavy atom. The van der Waals surface area contributed by atoms with Crippen LogP contribution in [0.3, 0.4) is 0 Å². The minimum absolute atomic E-state index is 0.102. The Morgan fingerprint density at radius 1 is 1.35 bits per heavy atom. The Bertz CT molecular complexity index is 444. The van der Waals surface area contributed by atoms with Gasteiger partial charge < -0.3 is 9.84 Å². The zero-order chi connectivity index (χ0) is 15.2. The number of ether oxygens (including phenoxy) is 1. The Morgan fingerprint density at radius 3 is 2.55 bits per heavy atom. The van der Waals surface area contributed by atoms with E-state index in [2.05, 4.69) is 4.74 Å². The van der Waals surface area contributed by atoms with E-state index in [9.17, 15) is 23.1 Å². The van der Waals surface area contributed by atoms with Gasteiger partial charge in [0, 0.05) is 6.61 Å². The highest BCUT2D eigenvalue weighted by atomic mass is 19.4. The van der Waals surface area contributed by atoms with E-state index in [-0.39, 0.29) is 19.4 Å². The van der Waals surface area contributed by atoms with Crippen molar-refractivity contribution in [2.75, 3.05) is 13.2 Å². The van der Waals surface area contributed by atoms with Gasteiger partial charge in [0.25, 0.3) is 0 Å². The molecule has 1 atom stereocenters. The number of aliphatic carboxylic acids is 1. The Labute approximate surface area is 115 Å². The average Bonchev–Trinajstić information content (AvgIpc) is 2.33. The summed E-state index contributed by atoms with van der Waals surface area (Å²) in [6.07, 6.45) is -3.83. The van der Waals surface area contributed by atoms with Gasteiger partial charge in [-0.3, -0.25) is 4.79 Å². The molecule has 0 aliphatic rings. The Hall–Kier alpha value is -1.56. The molecule has 6 heteroatoms. The first kappa shape index (κ1) is 16.5. The van der Waals surface area contributed by atoms with Crippen molar-refractivity contribution in [3.63, 3.8) is 0 Å². The first-order chi connectivity index (χ1) is 9.31. The molecule has 1 aromatic carbocycles. The predicted octanol–water partition coefficient (Wildman–Crippen LogP) is 3.52. The maximum atomic E-state index is 11.9. The Kier molecular flexibility index (Phi) is 6.01. The first-order valence-corrected chi connectivity index (χ1v) is 6.24. The first-order valence-electron chi connectivity index (χ1n) is 6.24. The second-order valence-electron chi connectivity index (χ2n) is 4.56. The molecular formula is C14H17F3O3. The molecular weight excluding hydrogens is 273 g/mol. The summed E-state index contributed by atoms with van der Waals surface area (Å²) in [4.78, 5) is 11.3. The molecule has 0 amide bonds. The highest BCUT2D eigenvalue weighted by molar-refractivity contribution is 5.76. The van der Waals surface area contributed by atoms with Crippen molar-refractivity contribution in [2.45, 2.75) is 31.9 Å². The fourth-order valence-corrected chi connectivity index (χ4v) is 1.97. The third kappa shape index (κ3) is 5.61. The maximum absolute atomic E-state index is 11.9. The van der Waals surface area contributed by atoms with Gasteiger partial charge in [-0.15, -0.1) is 0 Å². The molecule has 0 aliphatic carbocycles. The standard InChI is InChI=1S/C14H17F3O3/c1-10-5-2-3-6-11(10)12(13(18)19)7-4-8-20-9-14(15,16)17/h2-3,5-6,12H,4,7-9H2,1H3,(H,18,19). The van der Waals surface area contributed by atoms with E-state index in [0.717, 1.165) is 5.56 Å². The van der Waals surface area contributed by atoms with E-state index in [1.165, 1.54) is 0 Å². The quantitative estimate of drug-likeness (QED) is 0.781. The number of rotatable bonds is 7. The summed E-state index contributed by atoms with van der Waals surface area (Å²) in [5.41, 5.74) is 1.55. The molecule has 20 heavy (non-hydrogen) atoms. The smallest absolute Gasteiger partial charge is 0.411 e. The monoisotopic (exact) mass is 290 g/mol. The van der Waals surface area contributed by atoms with Crippen molar-refractivity contribution in [1.29, 1.82) is 0 Å². The molecule has 0 aromatic heterocycles. The van der Waals surface area contributed by atoms with E-state index in [4.69, 9.17) is 0 Å². The molecule has 0 saturated carbocycles. The lowest BCUT2D eigenvalue weighted by Gasteiger charge is -2.15. The summed E-state index contributed by atoms with van der Waals surface area (Å²) < 4.78 is 40.1. The SMILES string of the molecule is Cc1ccccc1C(CCCOCC(F)(F)F)C(=O)O. The fraction of sp³-hybridized carbons (Fsp3) is 0.500. The number of hydrogen-bond acceptors (Lipinski definition) is 2. The maximum Gasteiger partial charge on any atom is 0.411 e. The number of aryl methyl sites for hydroxylation is 1. The summed E-state index contributed by atoms with van der Waals surface area (Å²) in [6.45, 7) is 0.412. The van der Waals surface area contributed by atoms with Crippen molar-refractivity contribution in [2.24, 2.45) is 0 Å². The van der Waals surface area contributed by atoms with Gasteiger partial charge in [0.2, 0.25) is 0 Å². The van der Waals surface area contributed by atoms with Gasteiger partial charge >= 0.3 is 12.1 Å².